The molecule has 2 N–H and O–H groups in total. The van der Waals surface area contributed by atoms with Gasteiger partial charge in [-0.05, 0) is 19.8 Å². The number of piperazine rings is 1. The monoisotopic (exact) mass is 267 g/mol. The summed E-state index contributed by atoms with van der Waals surface area (Å²) >= 11 is 0. The predicted molar refractivity (Wildman–Crippen MR) is 78.2 cm³/mol. The van der Waals surface area contributed by atoms with Gasteiger partial charge in [0.2, 0.25) is 5.91 Å². The third-order valence-electron chi connectivity index (χ3n) is 4.46. The van der Waals surface area contributed by atoms with E-state index in [-0.39, 0.29) is 5.91 Å². The number of rotatable bonds is 3. The molecule has 1 atom stereocenters. The lowest BCUT2D eigenvalue weighted by molar-refractivity contribution is -0.123. The number of hydrogen-bond acceptors (Lipinski definition) is 3. The normalized spacial score (nSPS) is 27.5. The summed E-state index contributed by atoms with van der Waals surface area (Å²) in [6.45, 7) is 5.74. The first kappa shape index (κ1) is 14.8. The molecule has 110 valence electrons. The summed E-state index contributed by atoms with van der Waals surface area (Å²) in [5, 5.41) is 6.61. The van der Waals surface area contributed by atoms with E-state index >= 15 is 0 Å². The molecule has 0 radical (unpaired) electrons. The van der Waals surface area contributed by atoms with Gasteiger partial charge in [0.15, 0.2) is 0 Å². The zero-order valence-electron chi connectivity index (χ0n) is 12.3. The van der Waals surface area contributed by atoms with Gasteiger partial charge in [-0.1, -0.05) is 32.1 Å². The maximum atomic E-state index is 12.2. The van der Waals surface area contributed by atoms with E-state index in [2.05, 4.69) is 22.5 Å². The van der Waals surface area contributed by atoms with Gasteiger partial charge in [-0.25, -0.2) is 0 Å². The Bertz CT molecular complexity index is 275. The molecule has 1 saturated heterocycles. The van der Waals surface area contributed by atoms with Crippen molar-refractivity contribution in [3.05, 3.63) is 0 Å². The van der Waals surface area contributed by atoms with Crippen LogP contribution in [0.15, 0.2) is 0 Å². The second-order valence-corrected chi connectivity index (χ2v) is 6.13. The SMILES string of the molecule is C[C@H]1CNCCN1CC(=O)NC1CCCCCCC1. The largest absolute Gasteiger partial charge is 0.352 e. The van der Waals surface area contributed by atoms with Crippen LogP contribution in [0.5, 0.6) is 0 Å². The number of amides is 1. The molecule has 1 amide bonds. The van der Waals surface area contributed by atoms with Crippen molar-refractivity contribution >= 4 is 5.91 Å². The first-order valence-corrected chi connectivity index (χ1v) is 8.00. The summed E-state index contributed by atoms with van der Waals surface area (Å²) in [7, 11) is 0. The molecular formula is C15H29N3O. The fourth-order valence-electron chi connectivity index (χ4n) is 3.18. The fraction of sp³-hybridized carbons (Fsp3) is 0.933. The molecule has 1 aliphatic carbocycles. The Morgan fingerprint density at radius 3 is 2.58 bits per heavy atom. The summed E-state index contributed by atoms with van der Waals surface area (Å²) in [5.41, 5.74) is 0. The Morgan fingerprint density at radius 1 is 1.21 bits per heavy atom. The first-order chi connectivity index (χ1) is 9.25. The van der Waals surface area contributed by atoms with Crippen LogP contribution in [0.25, 0.3) is 0 Å². The van der Waals surface area contributed by atoms with E-state index in [1.165, 1.54) is 44.9 Å². The van der Waals surface area contributed by atoms with Crippen molar-refractivity contribution < 1.29 is 4.79 Å². The van der Waals surface area contributed by atoms with Crippen LogP contribution < -0.4 is 10.6 Å². The van der Waals surface area contributed by atoms with E-state index in [4.69, 9.17) is 0 Å². The van der Waals surface area contributed by atoms with Gasteiger partial charge in [-0.2, -0.15) is 0 Å². The maximum Gasteiger partial charge on any atom is 0.234 e. The molecule has 2 fully saturated rings. The number of carbonyl (C=O) groups is 1. The standard InChI is InChI=1S/C15H29N3O/c1-13-11-16-9-10-18(13)12-15(19)17-14-7-5-3-2-4-6-8-14/h13-14,16H,2-12H2,1H3,(H,17,19)/t13-/m0/s1. The second kappa shape index (κ2) is 7.85. The van der Waals surface area contributed by atoms with Crippen LogP contribution in [-0.2, 0) is 4.79 Å². The van der Waals surface area contributed by atoms with Crippen LogP contribution in [-0.4, -0.2) is 49.1 Å². The highest BCUT2D eigenvalue weighted by atomic mass is 16.2. The van der Waals surface area contributed by atoms with E-state index in [9.17, 15) is 4.79 Å². The van der Waals surface area contributed by atoms with Crippen LogP contribution in [0.3, 0.4) is 0 Å². The van der Waals surface area contributed by atoms with E-state index in [0.29, 0.717) is 18.6 Å². The average Bonchev–Trinajstić information content (AvgIpc) is 2.35. The zero-order chi connectivity index (χ0) is 13.5. The summed E-state index contributed by atoms with van der Waals surface area (Å²) in [4.78, 5) is 14.4. The van der Waals surface area contributed by atoms with Crippen molar-refractivity contribution in [2.75, 3.05) is 26.2 Å². The van der Waals surface area contributed by atoms with Crippen molar-refractivity contribution in [2.45, 2.75) is 64.0 Å². The smallest absolute Gasteiger partial charge is 0.234 e. The molecule has 2 aliphatic rings. The molecule has 2 rings (SSSR count). The lowest BCUT2D eigenvalue weighted by Crippen LogP contribution is -2.53. The van der Waals surface area contributed by atoms with Crippen LogP contribution in [0, 0.1) is 0 Å². The van der Waals surface area contributed by atoms with E-state index in [1.54, 1.807) is 0 Å². The second-order valence-electron chi connectivity index (χ2n) is 6.13. The lowest BCUT2D eigenvalue weighted by atomic mass is 9.97. The van der Waals surface area contributed by atoms with Gasteiger partial charge in [0.1, 0.15) is 0 Å². The van der Waals surface area contributed by atoms with Crippen LogP contribution >= 0.6 is 0 Å². The predicted octanol–water partition coefficient (Wildman–Crippen LogP) is 1.51. The molecule has 0 aromatic rings. The Kier molecular flexibility index (Phi) is 6.11. The highest BCUT2D eigenvalue weighted by molar-refractivity contribution is 5.78. The first-order valence-electron chi connectivity index (χ1n) is 8.00. The number of carbonyl (C=O) groups excluding carboxylic acids is 1. The minimum atomic E-state index is 0.222. The highest BCUT2D eigenvalue weighted by Crippen LogP contribution is 2.17. The molecule has 0 unspecified atom stereocenters. The van der Waals surface area contributed by atoms with Gasteiger partial charge in [0.25, 0.3) is 0 Å². The van der Waals surface area contributed by atoms with Gasteiger partial charge >= 0.3 is 0 Å². The Morgan fingerprint density at radius 2 is 1.89 bits per heavy atom. The minimum absolute atomic E-state index is 0.222. The third kappa shape index (κ3) is 5.11. The highest BCUT2D eigenvalue weighted by Gasteiger charge is 2.21. The third-order valence-corrected chi connectivity index (χ3v) is 4.46. The summed E-state index contributed by atoms with van der Waals surface area (Å²) in [6, 6.07) is 0.892. The quantitative estimate of drug-likeness (QED) is 0.814. The van der Waals surface area contributed by atoms with Crippen LogP contribution in [0.4, 0.5) is 0 Å². The molecule has 4 nitrogen and oxygen atoms in total. The maximum absolute atomic E-state index is 12.2. The van der Waals surface area contributed by atoms with E-state index in [0.717, 1.165) is 19.6 Å². The topological polar surface area (TPSA) is 44.4 Å². The molecular weight excluding hydrogens is 238 g/mol. The number of nitrogens with zero attached hydrogens (tertiary/aromatic N) is 1. The molecule has 0 spiro atoms. The van der Waals surface area contributed by atoms with Crippen LogP contribution in [0.1, 0.15) is 51.9 Å². The number of nitrogens with one attached hydrogen (secondary N) is 2. The van der Waals surface area contributed by atoms with Gasteiger partial charge in [0.05, 0.1) is 6.54 Å². The minimum Gasteiger partial charge on any atom is -0.352 e. The molecule has 4 heteroatoms. The van der Waals surface area contributed by atoms with Gasteiger partial charge in [-0.15, -0.1) is 0 Å². The molecule has 1 saturated carbocycles. The summed E-state index contributed by atoms with van der Waals surface area (Å²) in [6.07, 6.45) is 8.93. The Hall–Kier alpha value is -0.610. The average molecular weight is 267 g/mol. The number of hydrogen-bond donors (Lipinski definition) is 2. The van der Waals surface area contributed by atoms with E-state index in [1.807, 2.05) is 0 Å². The van der Waals surface area contributed by atoms with Crippen molar-refractivity contribution in [1.29, 1.82) is 0 Å². The molecule has 0 aromatic carbocycles. The Balaban J connectivity index is 1.72. The van der Waals surface area contributed by atoms with Crippen LogP contribution in [0.2, 0.25) is 0 Å². The van der Waals surface area contributed by atoms with Crippen molar-refractivity contribution in [3.63, 3.8) is 0 Å². The lowest BCUT2D eigenvalue weighted by Gasteiger charge is -2.33. The van der Waals surface area contributed by atoms with Gasteiger partial charge < -0.3 is 10.6 Å². The summed E-state index contributed by atoms with van der Waals surface area (Å²) < 4.78 is 0. The molecule has 0 bridgehead atoms. The van der Waals surface area contributed by atoms with E-state index < -0.39 is 0 Å². The molecule has 1 aliphatic heterocycles. The molecule has 0 aromatic heterocycles. The van der Waals surface area contributed by atoms with Crippen molar-refractivity contribution in [2.24, 2.45) is 0 Å². The van der Waals surface area contributed by atoms with Gasteiger partial charge in [0, 0.05) is 31.7 Å². The zero-order valence-corrected chi connectivity index (χ0v) is 12.3. The summed E-state index contributed by atoms with van der Waals surface area (Å²) in [5.74, 6) is 0.222. The molecule has 19 heavy (non-hydrogen) atoms. The van der Waals surface area contributed by atoms with Gasteiger partial charge in [-0.3, -0.25) is 9.69 Å². The molecule has 1 heterocycles. The van der Waals surface area contributed by atoms with Crippen molar-refractivity contribution in [3.8, 4) is 0 Å². The Labute approximate surface area is 117 Å². The fourth-order valence-corrected chi connectivity index (χ4v) is 3.18. The van der Waals surface area contributed by atoms with Crippen molar-refractivity contribution in [1.82, 2.24) is 15.5 Å².